The van der Waals surface area contributed by atoms with Crippen molar-refractivity contribution in [3.63, 3.8) is 0 Å². The molecule has 112 valence electrons. The summed E-state index contributed by atoms with van der Waals surface area (Å²) in [5.74, 6) is 0.515. The van der Waals surface area contributed by atoms with E-state index in [1.165, 1.54) is 16.6 Å². The van der Waals surface area contributed by atoms with E-state index in [0.29, 0.717) is 18.0 Å². The first-order valence-corrected chi connectivity index (χ1v) is 8.03. The molecule has 0 spiro atoms. The lowest BCUT2D eigenvalue weighted by atomic mass is 9.83. The van der Waals surface area contributed by atoms with E-state index < -0.39 is 0 Å². The molecule has 4 rings (SSSR count). The Morgan fingerprint density at radius 2 is 1.95 bits per heavy atom. The first-order valence-electron chi connectivity index (χ1n) is 8.03. The second-order valence-electron chi connectivity index (χ2n) is 6.37. The van der Waals surface area contributed by atoms with Crippen molar-refractivity contribution in [3.05, 3.63) is 66.1 Å². The maximum atomic E-state index is 4.71. The summed E-state index contributed by atoms with van der Waals surface area (Å²) < 4.78 is 0. The monoisotopic (exact) mass is 291 g/mol. The van der Waals surface area contributed by atoms with E-state index >= 15 is 0 Å². The van der Waals surface area contributed by atoms with Gasteiger partial charge in [-0.2, -0.15) is 0 Å². The molecule has 1 aliphatic heterocycles. The standard InChI is InChI=1S/C19H21N3/c1-13-9-16(11-18(22-13)14-5-3-2-4-6-14)17-10-15-7-8-20-19(15)12-21-17/h2-8,10,12-13,16,18,20,22H,9,11H2,1H3. The lowest BCUT2D eigenvalue weighted by Crippen LogP contribution is -2.38. The van der Waals surface area contributed by atoms with Crippen LogP contribution in [-0.2, 0) is 0 Å². The average Bonchev–Trinajstić information content (AvgIpc) is 3.02. The second kappa shape index (κ2) is 5.58. The van der Waals surface area contributed by atoms with Crippen LogP contribution in [0, 0.1) is 0 Å². The van der Waals surface area contributed by atoms with Crippen molar-refractivity contribution in [2.45, 2.75) is 37.8 Å². The Labute approximate surface area is 130 Å². The summed E-state index contributed by atoms with van der Waals surface area (Å²) in [5, 5.41) is 4.99. The third-order valence-electron chi connectivity index (χ3n) is 4.72. The number of piperidine rings is 1. The lowest BCUT2D eigenvalue weighted by Gasteiger charge is -2.35. The van der Waals surface area contributed by atoms with Gasteiger partial charge in [0.15, 0.2) is 0 Å². The van der Waals surface area contributed by atoms with E-state index in [0.717, 1.165) is 18.4 Å². The molecule has 0 aliphatic carbocycles. The van der Waals surface area contributed by atoms with Gasteiger partial charge in [0.05, 0.1) is 11.7 Å². The smallest absolute Gasteiger partial charge is 0.0640 e. The molecule has 2 N–H and O–H groups in total. The third-order valence-corrected chi connectivity index (χ3v) is 4.72. The minimum Gasteiger partial charge on any atom is -0.360 e. The highest BCUT2D eigenvalue weighted by molar-refractivity contribution is 5.78. The van der Waals surface area contributed by atoms with Gasteiger partial charge in [-0.15, -0.1) is 0 Å². The third kappa shape index (κ3) is 2.53. The maximum absolute atomic E-state index is 4.71. The van der Waals surface area contributed by atoms with Crippen LogP contribution in [0.2, 0.25) is 0 Å². The fraction of sp³-hybridized carbons (Fsp3) is 0.316. The van der Waals surface area contributed by atoms with Crippen molar-refractivity contribution < 1.29 is 0 Å². The molecule has 0 radical (unpaired) electrons. The van der Waals surface area contributed by atoms with Gasteiger partial charge in [0.1, 0.15) is 0 Å². The van der Waals surface area contributed by atoms with Gasteiger partial charge in [0.2, 0.25) is 0 Å². The van der Waals surface area contributed by atoms with Crippen LogP contribution in [-0.4, -0.2) is 16.0 Å². The molecule has 1 saturated heterocycles. The summed E-state index contributed by atoms with van der Waals surface area (Å²) in [4.78, 5) is 7.92. The van der Waals surface area contributed by atoms with Crippen molar-refractivity contribution in [2.24, 2.45) is 0 Å². The number of H-pyrrole nitrogens is 1. The van der Waals surface area contributed by atoms with Gasteiger partial charge in [0.25, 0.3) is 0 Å². The fourth-order valence-corrected chi connectivity index (χ4v) is 3.64. The largest absolute Gasteiger partial charge is 0.360 e. The summed E-state index contributed by atoms with van der Waals surface area (Å²) in [6, 6.07) is 16.0. The molecule has 3 nitrogen and oxygen atoms in total. The van der Waals surface area contributed by atoms with E-state index in [1.54, 1.807) is 0 Å². The molecular formula is C19H21N3. The van der Waals surface area contributed by atoms with Gasteiger partial charge in [0, 0.05) is 35.3 Å². The number of pyridine rings is 1. The molecule has 2 aromatic heterocycles. The average molecular weight is 291 g/mol. The second-order valence-corrected chi connectivity index (χ2v) is 6.37. The highest BCUT2D eigenvalue weighted by Crippen LogP contribution is 2.36. The van der Waals surface area contributed by atoms with Gasteiger partial charge in [-0.1, -0.05) is 30.3 Å². The summed E-state index contributed by atoms with van der Waals surface area (Å²) in [6.45, 7) is 2.27. The van der Waals surface area contributed by atoms with Gasteiger partial charge in [-0.05, 0) is 37.5 Å². The van der Waals surface area contributed by atoms with E-state index in [-0.39, 0.29) is 0 Å². The van der Waals surface area contributed by atoms with Crippen LogP contribution in [0.15, 0.2) is 54.9 Å². The maximum Gasteiger partial charge on any atom is 0.0640 e. The van der Waals surface area contributed by atoms with E-state index in [4.69, 9.17) is 4.98 Å². The van der Waals surface area contributed by atoms with Crippen molar-refractivity contribution in [1.82, 2.24) is 15.3 Å². The lowest BCUT2D eigenvalue weighted by molar-refractivity contribution is 0.303. The normalized spacial score (nSPS) is 25.4. The van der Waals surface area contributed by atoms with Gasteiger partial charge in [-0.3, -0.25) is 4.98 Å². The molecule has 1 aromatic carbocycles. The minimum atomic E-state index is 0.415. The van der Waals surface area contributed by atoms with E-state index in [1.807, 2.05) is 12.4 Å². The van der Waals surface area contributed by atoms with Crippen LogP contribution in [0.1, 0.15) is 43.0 Å². The predicted molar refractivity (Wildman–Crippen MR) is 89.8 cm³/mol. The summed E-state index contributed by atoms with van der Waals surface area (Å²) in [5.41, 5.74) is 3.72. The number of nitrogens with zero attached hydrogens (tertiary/aromatic N) is 1. The molecule has 3 unspecified atom stereocenters. The number of fused-ring (bicyclic) bond motifs is 1. The molecular weight excluding hydrogens is 270 g/mol. The van der Waals surface area contributed by atoms with Gasteiger partial charge < -0.3 is 10.3 Å². The highest BCUT2D eigenvalue weighted by Gasteiger charge is 2.28. The first kappa shape index (κ1) is 13.5. The Kier molecular flexibility index (Phi) is 3.43. The van der Waals surface area contributed by atoms with Crippen LogP contribution in [0.5, 0.6) is 0 Å². The Morgan fingerprint density at radius 1 is 1.09 bits per heavy atom. The van der Waals surface area contributed by atoms with E-state index in [2.05, 4.69) is 59.7 Å². The van der Waals surface area contributed by atoms with Gasteiger partial charge >= 0.3 is 0 Å². The number of rotatable bonds is 2. The van der Waals surface area contributed by atoms with Gasteiger partial charge in [-0.25, -0.2) is 0 Å². The SMILES string of the molecule is CC1CC(c2cc3cc[nH]c3cn2)CC(c2ccccc2)N1. The number of nitrogens with one attached hydrogen (secondary N) is 2. The zero-order valence-corrected chi connectivity index (χ0v) is 12.8. The number of benzene rings is 1. The molecule has 0 bridgehead atoms. The Balaban J connectivity index is 1.63. The summed E-state index contributed by atoms with van der Waals surface area (Å²) >= 11 is 0. The number of hydrogen-bond donors (Lipinski definition) is 2. The van der Waals surface area contributed by atoms with Crippen molar-refractivity contribution in [2.75, 3.05) is 0 Å². The van der Waals surface area contributed by atoms with Crippen LogP contribution in [0.4, 0.5) is 0 Å². The Bertz CT molecular complexity index is 762. The van der Waals surface area contributed by atoms with E-state index in [9.17, 15) is 0 Å². The van der Waals surface area contributed by atoms with Crippen LogP contribution in [0.3, 0.4) is 0 Å². The van der Waals surface area contributed by atoms with Crippen molar-refractivity contribution >= 4 is 10.9 Å². The molecule has 1 fully saturated rings. The molecule has 3 aromatic rings. The Hall–Kier alpha value is -2.13. The minimum absolute atomic E-state index is 0.415. The van der Waals surface area contributed by atoms with Crippen LogP contribution >= 0.6 is 0 Å². The molecule has 3 heterocycles. The quantitative estimate of drug-likeness (QED) is 0.744. The molecule has 0 amide bonds. The fourth-order valence-electron chi connectivity index (χ4n) is 3.64. The topological polar surface area (TPSA) is 40.7 Å². The Morgan fingerprint density at radius 3 is 2.82 bits per heavy atom. The summed E-state index contributed by atoms with van der Waals surface area (Å²) in [6.07, 6.45) is 6.20. The first-order chi connectivity index (χ1) is 10.8. The van der Waals surface area contributed by atoms with Crippen molar-refractivity contribution in [3.8, 4) is 0 Å². The molecule has 3 atom stereocenters. The summed E-state index contributed by atoms with van der Waals surface area (Å²) in [7, 11) is 0. The molecule has 1 aliphatic rings. The molecule has 3 heteroatoms. The van der Waals surface area contributed by atoms with Crippen LogP contribution < -0.4 is 5.32 Å². The zero-order valence-electron chi connectivity index (χ0n) is 12.8. The van der Waals surface area contributed by atoms with Crippen molar-refractivity contribution in [1.29, 1.82) is 0 Å². The number of aromatic nitrogens is 2. The van der Waals surface area contributed by atoms with Crippen LogP contribution in [0.25, 0.3) is 10.9 Å². The predicted octanol–water partition coefficient (Wildman–Crippen LogP) is 4.16. The highest BCUT2D eigenvalue weighted by atomic mass is 15.0. The molecule has 22 heavy (non-hydrogen) atoms. The number of hydrogen-bond acceptors (Lipinski definition) is 2. The number of aromatic amines is 1. The zero-order chi connectivity index (χ0) is 14.9. The molecule has 0 saturated carbocycles.